The first-order valence-electron chi connectivity index (χ1n) is 6.61. The smallest absolute Gasteiger partial charge is 0.202 e. The van der Waals surface area contributed by atoms with Gasteiger partial charge in [0.05, 0.1) is 0 Å². The van der Waals surface area contributed by atoms with Crippen LogP contribution in [0.5, 0.6) is 0 Å². The van der Waals surface area contributed by atoms with E-state index in [1.165, 1.54) is 5.56 Å². The molecule has 0 saturated carbocycles. The second-order valence-corrected chi connectivity index (χ2v) is 3.25. The number of aryl methyl sites for hydroxylation is 1. The molecule has 0 aromatic heterocycles. The van der Waals surface area contributed by atoms with Gasteiger partial charge in [0.15, 0.2) is 6.20 Å². The zero-order chi connectivity index (χ0) is 14.6. The number of hydrogen-bond donors (Lipinski definition) is 0. The van der Waals surface area contributed by atoms with Crippen LogP contribution >= 0.6 is 0 Å². The summed E-state index contributed by atoms with van der Waals surface area (Å²) < 4.78 is 1.96. The highest BCUT2D eigenvalue weighted by Gasteiger charge is 2.06. The third-order valence-corrected chi connectivity index (χ3v) is 2.19. The highest BCUT2D eigenvalue weighted by atomic mass is 14.9. The lowest BCUT2D eigenvalue weighted by Crippen LogP contribution is -2.10. The molecule has 100 valence electrons. The summed E-state index contributed by atoms with van der Waals surface area (Å²) in [6, 6.07) is 8.37. The lowest BCUT2D eigenvalue weighted by atomic mass is 10.1. The predicted molar refractivity (Wildman–Crippen MR) is 84.6 cm³/mol. The van der Waals surface area contributed by atoms with Crippen molar-refractivity contribution in [3.63, 3.8) is 0 Å². The molecule has 1 aromatic rings. The van der Waals surface area contributed by atoms with Crippen LogP contribution in [0.4, 0.5) is 0 Å². The fraction of sp³-hybridized carbons (Fsp3) is 0.353. The van der Waals surface area contributed by atoms with Gasteiger partial charge in [0.2, 0.25) is 5.71 Å². The molecule has 0 amide bonds. The van der Waals surface area contributed by atoms with Gasteiger partial charge in [-0.3, -0.25) is 0 Å². The molecular formula is C17H28N+. The molecule has 0 fully saturated rings. The molecule has 1 aromatic carbocycles. The average molecular weight is 246 g/mol. The standard InChI is InChI=1S/C13H16N.2C2H6/c1-5-13(14(4)6-2)12-9-7-11(3)8-10-12;2*1-2/h5-10H,1-2H2,3-4H3;2*1-2H3/q+1;;. The van der Waals surface area contributed by atoms with Crippen molar-refractivity contribution in [3.05, 3.63) is 60.8 Å². The minimum atomic E-state index is 1.07. The Morgan fingerprint density at radius 2 is 1.44 bits per heavy atom. The third-order valence-electron chi connectivity index (χ3n) is 2.19. The Morgan fingerprint density at radius 3 is 1.78 bits per heavy atom. The van der Waals surface area contributed by atoms with Crippen molar-refractivity contribution in [1.29, 1.82) is 0 Å². The first-order valence-corrected chi connectivity index (χ1v) is 6.61. The summed E-state index contributed by atoms with van der Waals surface area (Å²) in [4.78, 5) is 0. The lowest BCUT2D eigenvalue weighted by Gasteiger charge is -1.99. The second-order valence-electron chi connectivity index (χ2n) is 3.25. The van der Waals surface area contributed by atoms with Crippen LogP contribution in [-0.2, 0) is 0 Å². The molecule has 0 heterocycles. The Morgan fingerprint density at radius 1 is 1.00 bits per heavy atom. The molecule has 0 unspecified atom stereocenters. The zero-order valence-electron chi connectivity index (χ0n) is 12.8. The van der Waals surface area contributed by atoms with E-state index in [0.29, 0.717) is 0 Å². The molecule has 0 N–H and O–H groups in total. The van der Waals surface area contributed by atoms with E-state index in [-0.39, 0.29) is 0 Å². The first kappa shape index (κ1) is 18.7. The molecule has 1 heteroatoms. The maximum Gasteiger partial charge on any atom is 0.211 e. The third kappa shape index (κ3) is 6.19. The molecule has 1 rings (SSSR count). The van der Waals surface area contributed by atoms with Crippen molar-refractivity contribution < 1.29 is 4.58 Å². The average Bonchev–Trinajstić information content (AvgIpc) is 2.46. The van der Waals surface area contributed by atoms with Crippen LogP contribution in [-0.4, -0.2) is 17.3 Å². The molecule has 18 heavy (non-hydrogen) atoms. The highest BCUT2D eigenvalue weighted by molar-refractivity contribution is 6.04. The van der Waals surface area contributed by atoms with Gasteiger partial charge in [-0.05, 0) is 25.6 Å². The van der Waals surface area contributed by atoms with E-state index in [1.54, 1.807) is 6.20 Å². The molecule has 0 radical (unpaired) electrons. The summed E-state index contributed by atoms with van der Waals surface area (Å²) in [6.45, 7) is 17.6. The van der Waals surface area contributed by atoms with E-state index < -0.39 is 0 Å². The Kier molecular flexibility index (Phi) is 12.3. The van der Waals surface area contributed by atoms with Crippen LogP contribution in [0.3, 0.4) is 0 Å². The van der Waals surface area contributed by atoms with Crippen LogP contribution in [0, 0.1) is 6.92 Å². The molecule has 0 aliphatic carbocycles. The Balaban J connectivity index is 0. The van der Waals surface area contributed by atoms with Crippen LogP contribution in [0.1, 0.15) is 38.8 Å². The largest absolute Gasteiger partial charge is 0.211 e. The number of rotatable bonds is 3. The molecule has 0 saturated heterocycles. The van der Waals surface area contributed by atoms with E-state index in [0.717, 1.165) is 11.3 Å². The normalized spacial score (nSPS) is 9.89. The maximum absolute atomic E-state index is 3.80. The molecule has 0 aliphatic heterocycles. The van der Waals surface area contributed by atoms with E-state index >= 15 is 0 Å². The SMILES string of the molecule is C=CC(c1ccc(C)cc1)=[N+](C)C=C.CC.CC. The van der Waals surface area contributed by atoms with Gasteiger partial charge in [0.1, 0.15) is 7.05 Å². The van der Waals surface area contributed by atoms with Crippen molar-refractivity contribution in [3.8, 4) is 0 Å². The molecule has 0 spiro atoms. The van der Waals surface area contributed by atoms with E-state index in [4.69, 9.17) is 0 Å². The maximum atomic E-state index is 3.80. The van der Waals surface area contributed by atoms with Gasteiger partial charge >= 0.3 is 0 Å². The van der Waals surface area contributed by atoms with Crippen molar-refractivity contribution in [2.75, 3.05) is 7.05 Å². The summed E-state index contributed by atoms with van der Waals surface area (Å²) in [5.74, 6) is 0. The van der Waals surface area contributed by atoms with Crippen molar-refractivity contribution in [1.82, 2.24) is 0 Å². The molecule has 0 atom stereocenters. The van der Waals surface area contributed by atoms with E-state index in [2.05, 4.69) is 44.3 Å². The van der Waals surface area contributed by atoms with Gasteiger partial charge in [-0.15, -0.1) is 0 Å². The zero-order valence-corrected chi connectivity index (χ0v) is 12.8. The Hall–Kier alpha value is -1.63. The predicted octanol–water partition coefficient (Wildman–Crippen LogP) is 4.81. The molecular weight excluding hydrogens is 218 g/mol. The number of benzene rings is 1. The summed E-state index contributed by atoms with van der Waals surface area (Å²) in [7, 11) is 1.96. The minimum Gasteiger partial charge on any atom is -0.202 e. The van der Waals surface area contributed by atoms with Crippen LogP contribution in [0.2, 0.25) is 0 Å². The molecule has 1 nitrogen and oxygen atoms in total. The van der Waals surface area contributed by atoms with Gasteiger partial charge in [0, 0.05) is 11.6 Å². The lowest BCUT2D eigenvalue weighted by molar-refractivity contribution is -0.420. The molecule has 0 bridgehead atoms. The topological polar surface area (TPSA) is 3.01 Å². The van der Waals surface area contributed by atoms with Crippen molar-refractivity contribution in [2.24, 2.45) is 0 Å². The van der Waals surface area contributed by atoms with Crippen LogP contribution in [0.15, 0.2) is 49.7 Å². The summed E-state index contributed by atoms with van der Waals surface area (Å²) in [5.41, 5.74) is 3.49. The summed E-state index contributed by atoms with van der Waals surface area (Å²) in [5, 5.41) is 0. The summed E-state index contributed by atoms with van der Waals surface area (Å²) >= 11 is 0. The second kappa shape index (κ2) is 11.8. The minimum absolute atomic E-state index is 1.07. The van der Waals surface area contributed by atoms with Gasteiger partial charge in [0.25, 0.3) is 0 Å². The monoisotopic (exact) mass is 246 g/mol. The van der Waals surface area contributed by atoms with Crippen molar-refractivity contribution in [2.45, 2.75) is 34.6 Å². The number of nitrogens with zero attached hydrogens (tertiary/aromatic N) is 1. The van der Waals surface area contributed by atoms with Gasteiger partial charge in [-0.1, -0.05) is 52.0 Å². The van der Waals surface area contributed by atoms with Crippen LogP contribution < -0.4 is 0 Å². The fourth-order valence-electron chi connectivity index (χ4n) is 1.29. The Labute approximate surface area is 113 Å². The van der Waals surface area contributed by atoms with Crippen LogP contribution in [0.25, 0.3) is 0 Å². The van der Waals surface area contributed by atoms with E-state index in [9.17, 15) is 0 Å². The Bertz CT molecular complexity index is 369. The van der Waals surface area contributed by atoms with Gasteiger partial charge in [-0.25, -0.2) is 4.58 Å². The van der Waals surface area contributed by atoms with E-state index in [1.807, 2.05) is 45.4 Å². The molecule has 0 aliphatic rings. The van der Waals surface area contributed by atoms with Gasteiger partial charge in [-0.2, -0.15) is 0 Å². The first-order chi connectivity index (χ1) is 8.69. The number of allylic oxidation sites excluding steroid dienone is 1. The van der Waals surface area contributed by atoms with Gasteiger partial charge < -0.3 is 0 Å². The highest BCUT2D eigenvalue weighted by Crippen LogP contribution is 2.05. The fourth-order valence-corrected chi connectivity index (χ4v) is 1.29. The quantitative estimate of drug-likeness (QED) is 0.532. The summed E-state index contributed by atoms with van der Waals surface area (Å²) in [6.07, 6.45) is 3.61. The number of hydrogen-bond acceptors (Lipinski definition) is 0. The van der Waals surface area contributed by atoms with Crippen molar-refractivity contribution >= 4 is 5.71 Å².